The fourth-order valence-electron chi connectivity index (χ4n) is 5.88. The van der Waals surface area contributed by atoms with Crippen LogP contribution in [0.15, 0.2) is 116 Å². The van der Waals surface area contributed by atoms with Gasteiger partial charge in [-0.15, -0.1) is 0 Å². The molecule has 0 bridgehead atoms. The number of aliphatic imine (C=N–C) groups is 2. The number of amides is 4. The number of fused-ring (bicyclic) bond motifs is 2. The number of hydrogen-bond acceptors (Lipinski definition) is 13. The summed E-state index contributed by atoms with van der Waals surface area (Å²) in [4.78, 5) is 68.1. The standard InChI is InChI=1S/C37H26N4O13S2.4Na/c42-33(40-29-15-21-7-3-1-5-19(21)13-27(29)35(44)45)25-11-9-23(17-31(25)55(49,50)51)38-37(48)39-24-10-12-26(32(18-24)56(52,53)54)34(43)41-30-16-22-8-4-2-6-20(22)14-28(30)36(46)47;;;;/h1-14,17-18H,15-16H2,(H,44,45)(H,46,47)(H2,38,39,48)(H,49,50,51)(H,52,53,54);;;;/q;4*+1/p-4. The fourth-order valence-corrected chi connectivity index (χ4v) is 7.27. The number of carbonyl (C=O) groups is 5. The van der Waals surface area contributed by atoms with Gasteiger partial charge in [0.25, 0.3) is 11.8 Å². The van der Waals surface area contributed by atoms with Crippen molar-refractivity contribution >= 4 is 85.0 Å². The normalized spacial score (nSPS) is 14.2. The second-order valence-electron chi connectivity index (χ2n) is 12.1. The van der Waals surface area contributed by atoms with Gasteiger partial charge in [0, 0.05) is 35.4 Å². The Morgan fingerprint density at radius 1 is 0.533 bits per heavy atom. The Morgan fingerprint density at radius 2 is 0.883 bits per heavy atom. The van der Waals surface area contributed by atoms with Crippen LogP contribution < -0.4 is 139 Å². The van der Waals surface area contributed by atoms with Crippen LogP contribution in [0.4, 0.5) is 16.2 Å². The molecule has 4 aromatic rings. The molecule has 4 aromatic carbocycles. The summed E-state index contributed by atoms with van der Waals surface area (Å²) in [6.45, 7) is 0. The first-order valence-corrected chi connectivity index (χ1v) is 18.7. The zero-order valence-corrected chi connectivity index (χ0v) is 41.8. The monoisotopic (exact) mass is 886 g/mol. The molecular formula is C37H22N4Na4O13S2. The Morgan fingerprint density at radius 3 is 1.22 bits per heavy atom. The number of rotatable bonds is 8. The van der Waals surface area contributed by atoms with E-state index >= 15 is 0 Å². The third-order valence-corrected chi connectivity index (χ3v) is 10.2. The Kier molecular flexibility index (Phi) is 19.4. The SMILES string of the molecule is O=C(Nc1ccc(C(=O)N=C2Cc3ccccc3C=C2C(=O)[O-])c(S(=O)(=O)[O-])c1)Nc1ccc(C(=O)N=C2Cc3ccccc3C=C2C(=O)[O-])c(S(=O)(=O)[O-])c1.[Na+].[Na+].[Na+].[Na+]. The van der Waals surface area contributed by atoms with E-state index in [-0.39, 0.29) is 154 Å². The van der Waals surface area contributed by atoms with E-state index in [0.717, 1.165) is 24.3 Å². The van der Waals surface area contributed by atoms with Crippen molar-refractivity contribution < 1.29 is 178 Å². The van der Waals surface area contributed by atoms with Crippen LogP contribution >= 0.6 is 0 Å². The molecule has 23 heteroatoms. The number of carboxylic acid groups (broad SMARTS) is 2. The van der Waals surface area contributed by atoms with E-state index in [1.807, 2.05) is 0 Å². The molecule has 60 heavy (non-hydrogen) atoms. The van der Waals surface area contributed by atoms with Crippen molar-refractivity contribution in [2.24, 2.45) is 9.98 Å². The van der Waals surface area contributed by atoms with Gasteiger partial charge in [-0.25, -0.2) is 31.6 Å². The van der Waals surface area contributed by atoms with Gasteiger partial charge in [-0.2, -0.15) is 0 Å². The van der Waals surface area contributed by atoms with E-state index in [2.05, 4.69) is 20.6 Å². The number of carbonyl (C=O) groups excluding carboxylic acids is 5. The minimum absolute atomic E-state index is 0. The van der Waals surface area contributed by atoms with E-state index in [0.29, 0.717) is 34.4 Å². The molecule has 4 amide bonds. The van der Waals surface area contributed by atoms with E-state index in [1.54, 1.807) is 48.5 Å². The number of anilines is 2. The Bertz CT molecular complexity index is 2600. The van der Waals surface area contributed by atoms with Crippen LogP contribution in [0.25, 0.3) is 12.2 Å². The minimum Gasteiger partial charge on any atom is -0.744 e. The molecule has 0 saturated heterocycles. The third kappa shape index (κ3) is 12.6. The molecule has 0 aliphatic heterocycles. The summed E-state index contributed by atoms with van der Waals surface area (Å²) in [7, 11) is -10.8. The minimum atomic E-state index is -5.42. The van der Waals surface area contributed by atoms with Gasteiger partial charge < -0.3 is 39.5 Å². The first-order chi connectivity index (χ1) is 26.4. The van der Waals surface area contributed by atoms with Crippen molar-refractivity contribution in [1.82, 2.24) is 0 Å². The second kappa shape index (κ2) is 21.9. The summed E-state index contributed by atoms with van der Waals surface area (Å²) in [5.74, 6) is -5.88. The van der Waals surface area contributed by atoms with Gasteiger partial charge in [0.2, 0.25) is 0 Å². The van der Waals surface area contributed by atoms with Crippen molar-refractivity contribution in [2.75, 3.05) is 10.6 Å². The van der Waals surface area contributed by atoms with E-state index < -0.39 is 82.1 Å². The van der Waals surface area contributed by atoms with Gasteiger partial charge in [-0.1, -0.05) is 48.5 Å². The van der Waals surface area contributed by atoms with E-state index in [9.17, 15) is 60.1 Å². The van der Waals surface area contributed by atoms with Gasteiger partial charge in [0.1, 0.15) is 20.2 Å². The van der Waals surface area contributed by atoms with Gasteiger partial charge in [0.05, 0.1) is 44.3 Å². The molecule has 0 aromatic heterocycles. The van der Waals surface area contributed by atoms with Crippen LogP contribution in [0.5, 0.6) is 0 Å². The number of nitrogens with one attached hydrogen (secondary N) is 2. The number of urea groups is 1. The average Bonchev–Trinajstić information content (AvgIpc) is 3.13. The first kappa shape index (κ1) is 53.2. The predicted octanol–water partition coefficient (Wildman–Crippen LogP) is -10.9. The molecule has 0 fully saturated rings. The largest absolute Gasteiger partial charge is 1.00 e. The van der Waals surface area contributed by atoms with Crippen LogP contribution in [-0.2, 0) is 42.7 Å². The van der Waals surface area contributed by atoms with Crippen LogP contribution in [0.3, 0.4) is 0 Å². The molecule has 0 radical (unpaired) electrons. The summed E-state index contributed by atoms with van der Waals surface area (Å²) in [5.41, 5.74) is -1.33. The first-order valence-electron chi connectivity index (χ1n) is 15.9. The predicted molar refractivity (Wildman–Crippen MR) is 191 cm³/mol. The van der Waals surface area contributed by atoms with Gasteiger partial charge in [-0.05, 0) is 70.8 Å². The van der Waals surface area contributed by atoms with Crippen molar-refractivity contribution in [3.05, 3.63) is 129 Å². The number of hydrogen-bond donors (Lipinski definition) is 2. The summed E-state index contributed by atoms with van der Waals surface area (Å²) in [6.07, 6.45) is 2.20. The second-order valence-corrected chi connectivity index (χ2v) is 14.8. The van der Waals surface area contributed by atoms with Crippen LogP contribution in [-0.4, -0.2) is 67.1 Å². The Balaban J connectivity index is 0.00000310. The Labute approximate surface area is 430 Å². The van der Waals surface area contributed by atoms with E-state index in [1.165, 1.54) is 12.2 Å². The van der Waals surface area contributed by atoms with Crippen molar-refractivity contribution in [3.8, 4) is 0 Å². The summed E-state index contributed by atoms with van der Waals surface area (Å²) < 4.78 is 73.2. The summed E-state index contributed by atoms with van der Waals surface area (Å²) in [6, 6.07) is 17.1. The molecule has 284 valence electrons. The molecule has 0 spiro atoms. The van der Waals surface area contributed by atoms with Crippen LogP contribution in [0.1, 0.15) is 43.0 Å². The number of carboxylic acids is 2. The summed E-state index contributed by atoms with van der Waals surface area (Å²) in [5, 5.41) is 28.0. The Hall–Kier alpha value is -2.93. The zero-order valence-electron chi connectivity index (χ0n) is 32.2. The quantitative estimate of drug-likeness (QED) is 0.123. The van der Waals surface area contributed by atoms with Gasteiger partial charge >= 0.3 is 124 Å². The topological polar surface area (TPSA) is 295 Å². The molecule has 2 aliphatic rings. The number of aliphatic carboxylic acids is 2. The van der Waals surface area contributed by atoms with Crippen LogP contribution in [0.2, 0.25) is 0 Å². The van der Waals surface area contributed by atoms with Crippen LogP contribution in [0, 0.1) is 0 Å². The molecule has 0 atom stereocenters. The van der Waals surface area contributed by atoms with Crippen molar-refractivity contribution in [3.63, 3.8) is 0 Å². The number of nitrogens with zero attached hydrogens (tertiary/aromatic N) is 2. The molecule has 2 N–H and O–H groups in total. The third-order valence-electron chi connectivity index (χ3n) is 8.44. The van der Waals surface area contributed by atoms with E-state index in [4.69, 9.17) is 0 Å². The molecule has 6 rings (SSSR count). The van der Waals surface area contributed by atoms with Crippen molar-refractivity contribution in [1.29, 1.82) is 0 Å². The fraction of sp³-hybridized carbons (Fsp3) is 0.0541. The maximum atomic E-state index is 13.2. The summed E-state index contributed by atoms with van der Waals surface area (Å²) >= 11 is 0. The maximum Gasteiger partial charge on any atom is 1.00 e. The molecule has 0 unspecified atom stereocenters. The van der Waals surface area contributed by atoms with Gasteiger partial charge in [0.15, 0.2) is 0 Å². The molecule has 0 heterocycles. The number of benzene rings is 4. The van der Waals surface area contributed by atoms with Crippen molar-refractivity contribution in [2.45, 2.75) is 22.6 Å². The molecule has 17 nitrogen and oxygen atoms in total. The zero-order chi connectivity index (χ0) is 40.5. The average molecular weight is 887 g/mol. The smallest absolute Gasteiger partial charge is 0.744 e. The molecular weight excluding hydrogens is 865 g/mol. The molecule has 2 aliphatic carbocycles. The van der Waals surface area contributed by atoms with Gasteiger partial charge in [-0.3, -0.25) is 9.59 Å². The molecule has 0 saturated carbocycles. The maximum absolute atomic E-state index is 13.2.